The highest BCUT2D eigenvalue weighted by Gasteiger charge is 2.12. The fraction of sp³-hybridized carbons (Fsp3) is 0.333. The van der Waals surface area contributed by atoms with Gasteiger partial charge in [0.25, 0.3) is 10.1 Å². The number of rotatable bonds is 2. The predicted octanol–water partition coefficient (Wildman–Crippen LogP) is 0.215. The van der Waals surface area contributed by atoms with Gasteiger partial charge in [-0.3, -0.25) is 4.55 Å². The van der Waals surface area contributed by atoms with E-state index >= 15 is 0 Å². The van der Waals surface area contributed by atoms with Gasteiger partial charge in [0.1, 0.15) is 10.8 Å². The number of aromatic nitrogens is 2. The zero-order valence-corrected chi connectivity index (χ0v) is 7.66. The first-order valence-electron chi connectivity index (χ1n) is 2.44. The van der Waals surface area contributed by atoms with E-state index in [1.54, 1.807) is 0 Å². The Morgan fingerprint density at radius 2 is 2.27 bits per heavy atom. The second kappa shape index (κ2) is 3.05. The van der Waals surface area contributed by atoms with Crippen molar-refractivity contribution in [3.63, 3.8) is 0 Å². The lowest BCUT2D eigenvalue weighted by molar-refractivity contribution is 0.482. The van der Waals surface area contributed by atoms with Crippen molar-refractivity contribution in [2.45, 2.75) is 10.8 Å². The van der Waals surface area contributed by atoms with E-state index in [1.165, 1.54) is 0 Å². The minimum atomic E-state index is -3.99. The van der Waals surface area contributed by atoms with Gasteiger partial charge in [-0.15, -0.1) is 17.7 Å². The first-order valence-corrected chi connectivity index (χ1v) is 5.27. The summed E-state index contributed by atoms with van der Waals surface area (Å²) in [6.45, 7) is 0. The Labute approximate surface area is 72.8 Å². The van der Waals surface area contributed by atoms with Gasteiger partial charge in [0.05, 0.1) is 4.88 Å². The normalized spacial score (nSPS) is 11.8. The lowest BCUT2D eigenvalue weighted by atomic mass is 10.6. The molecule has 0 aliphatic rings. The van der Waals surface area contributed by atoms with Gasteiger partial charge in [0.15, 0.2) is 0 Å². The molecule has 0 atom stereocenters. The van der Waals surface area contributed by atoms with Gasteiger partial charge < -0.3 is 0 Å². The Hall–Kier alpha value is -0.180. The van der Waals surface area contributed by atoms with E-state index < -0.39 is 15.9 Å². The fourth-order valence-corrected chi connectivity index (χ4v) is 2.34. The van der Waals surface area contributed by atoms with Gasteiger partial charge in [-0.1, -0.05) is 4.49 Å². The molecule has 0 unspecified atom stereocenters. The third-order valence-electron chi connectivity index (χ3n) is 0.849. The molecule has 8 heteroatoms. The van der Waals surface area contributed by atoms with E-state index in [1.807, 2.05) is 0 Å². The van der Waals surface area contributed by atoms with Crippen molar-refractivity contribution in [3.8, 4) is 0 Å². The molecule has 0 bridgehead atoms. The molecule has 0 amide bonds. The van der Waals surface area contributed by atoms with Crippen LogP contribution in [0.15, 0.2) is 5.03 Å². The van der Waals surface area contributed by atoms with Crippen LogP contribution in [-0.4, -0.2) is 22.6 Å². The average Bonchev–Trinajstić information content (AvgIpc) is 2.12. The fourth-order valence-electron chi connectivity index (χ4n) is 0.462. The van der Waals surface area contributed by atoms with E-state index in [-0.39, 0.29) is 5.03 Å². The Kier molecular flexibility index (Phi) is 2.47. The standard InChI is InChI=1S/C3H4N2O3S3/c6-11(7,8)1-2-3(9)4-5-10-2/h9H,1H2,(H,6,7,8). The first-order chi connectivity index (χ1) is 4.99. The van der Waals surface area contributed by atoms with Crippen molar-refractivity contribution in [3.05, 3.63) is 4.88 Å². The van der Waals surface area contributed by atoms with E-state index in [9.17, 15) is 8.42 Å². The molecule has 1 N–H and O–H groups in total. The van der Waals surface area contributed by atoms with Crippen LogP contribution in [0.5, 0.6) is 0 Å². The SMILES string of the molecule is O=S(=O)(O)Cc1snnc1S. The molecule has 11 heavy (non-hydrogen) atoms. The molecule has 0 aromatic carbocycles. The average molecular weight is 212 g/mol. The van der Waals surface area contributed by atoms with Crippen LogP contribution >= 0.6 is 24.2 Å². The molecular weight excluding hydrogens is 208 g/mol. The monoisotopic (exact) mass is 212 g/mol. The van der Waals surface area contributed by atoms with Gasteiger partial charge in [-0.05, 0) is 11.5 Å². The Balaban J connectivity index is 2.89. The van der Waals surface area contributed by atoms with Crippen LogP contribution in [0.1, 0.15) is 4.88 Å². The Morgan fingerprint density at radius 3 is 2.64 bits per heavy atom. The largest absolute Gasteiger partial charge is 0.285 e. The maximum absolute atomic E-state index is 10.3. The molecule has 5 nitrogen and oxygen atoms in total. The predicted molar refractivity (Wildman–Crippen MR) is 42.4 cm³/mol. The molecule has 1 rings (SSSR count). The van der Waals surface area contributed by atoms with Crippen LogP contribution in [0.3, 0.4) is 0 Å². The molecule has 0 saturated carbocycles. The summed E-state index contributed by atoms with van der Waals surface area (Å²) in [6.07, 6.45) is 0. The lowest BCUT2D eigenvalue weighted by Crippen LogP contribution is -2.00. The third kappa shape index (κ3) is 2.73. The van der Waals surface area contributed by atoms with Crippen LogP contribution < -0.4 is 0 Å². The first kappa shape index (κ1) is 8.91. The smallest absolute Gasteiger partial charge is 0.270 e. The highest BCUT2D eigenvalue weighted by atomic mass is 32.2. The summed E-state index contributed by atoms with van der Waals surface area (Å²) in [5.41, 5.74) is 0. The molecule has 1 aromatic rings. The highest BCUT2D eigenvalue weighted by Crippen LogP contribution is 2.16. The summed E-state index contributed by atoms with van der Waals surface area (Å²) in [4.78, 5) is 0.343. The summed E-state index contributed by atoms with van der Waals surface area (Å²) < 4.78 is 32.5. The summed E-state index contributed by atoms with van der Waals surface area (Å²) in [7, 11) is -3.99. The molecular formula is C3H4N2O3S3. The molecule has 0 aliphatic heterocycles. The van der Waals surface area contributed by atoms with Crippen molar-refractivity contribution < 1.29 is 13.0 Å². The van der Waals surface area contributed by atoms with Crippen molar-refractivity contribution in [1.29, 1.82) is 0 Å². The number of nitrogens with zero attached hydrogens (tertiary/aromatic N) is 2. The summed E-state index contributed by atoms with van der Waals surface area (Å²) >= 11 is 4.72. The van der Waals surface area contributed by atoms with Crippen LogP contribution in [0, 0.1) is 0 Å². The van der Waals surface area contributed by atoms with Gasteiger partial charge in [-0.2, -0.15) is 8.42 Å². The number of hydrogen-bond donors (Lipinski definition) is 2. The second-order valence-corrected chi connectivity index (χ2v) is 4.46. The summed E-state index contributed by atoms with van der Waals surface area (Å²) in [5, 5.41) is 3.70. The minimum Gasteiger partial charge on any atom is -0.285 e. The topological polar surface area (TPSA) is 80.2 Å². The number of hydrogen-bond acceptors (Lipinski definition) is 6. The van der Waals surface area contributed by atoms with Crippen molar-refractivity contribution in [1.82, 2.24) is 9.59 Å². The third-order valence-corrected chi connectivity index (χ3v) is 2.92. The van der Waals surface area contributed by atoms with E-state index in [0.717, 1.165) is 11.5 Å². The second-order valence-electron chi connectivity index (χ2n) is 1.75. The molecule has 1 heterocycles. The van der Waals surface area contributed by atoms with Crippen molar-refractivity contribution in [2.24, 2.45) is 0 Å². The quantitative estimate of drug-likeness (QED) is 0.541. The van der Waals surface area contributed by atoms with E-state index in [4.69, 9.17) is 4.55 Å². The maximum atomic E-state index is 10.3. The van der Waals surface area contributed by atoms with Crippen LogP contribution in [0.2, 0.25) is 0 Å². The molecule has 0 fully saturated rings. The molecule has 62 valence electrons. The van der Waals surface area contributed by atoms with Gasteiger partial charge in [0.2, 0.25) is 0 Å². The van der Waals surface area contributed by atoms with Crippen LogP contribution in [-0.2, 0) is 15.9 Å². The van der Waals surface area contributed by atoms with Gasteiger partial charge in [-0.25, -0.2) is 0 Å². The summed E-state index contributed by atoms with van der Waals surface area (Å²) in [6, 6.07) is 0. The zero-order valence-electron chi connectivity index (χ0n) is 5.13. The molecule has 0 aliphatic carbocycles. The van der Waals surface area contributed by atoms with Crippen molar-refractivity contribution in [2.75, 3.05) is 0 Å². The molecule has 1 aromatic heterocycles. The van der Waals surface area contributed by atoms with Crippen molar-refractivity contribution >= 4 is 34.3 Å². The minimum absolute atomic E-state index is 0.243. The van der Waals surface area contributed by atoms with E-state index in [2.05, 4.69) is 22.2 Å². The summed E-state index contributed by atoms with van der Waals surface area (Å²) in [5.74, 6) is -0.469. The lowest BCUT2D eigenvalue weighted by Gasteiger charge is -1.90. The molecule has 0 radical (unpaired) electrons. The molecule has 0 spiro atoms. The van der Waals surface area contributed by atoms with Gasteiger partial charge in [0, 0.05) is 0 Å². The van der Waals surface area contributed by atoms with Gasteiger partial charge >= 0.3 is 0 Å². The Morgan fingerprint density at radius 1 is 1.64 bits per heavy atom. The number of thiol groups is 1. The molecule has 0 saturated heterocycles. The zero-order chi connectivity index (χ0) is 8.48. The maximum Gasteiger partial charge on any atom is 0.270 e. The van der Waals surface area contributed by atoms with Crippen LogP contribution in [0.25, 0.3) is 0 Å². The highest BCUT2D eigenvalue weighted by molar-refractivity contribution is 7.85. The Bertz CT molecular complexity index is 342. The van der Waals surface area contributed by atoms with E-state index in [0.29, 0.717) is 4.88 Å². The van der Waals surface area contributed by atoms with Crippen LogP contribution in [0.4, 0.5) is 0 Å².